The van der Waals surface area contributed by atoms with Gasteiger partial charge in [0.1, 0.15) is 18.8 Å². The summed E-state index contributed by atoms with van der Waals surface area (Å²) in [6.45, 7) is 2.61. The number of nitrogens with zero attached hydrogens (tertiary/aromatic N) is 3. The zero-order valence-corrected chi connectivity index (χ0v) is 19.0. The van der Waals surface area contributed by atoms with Crippen molar-refractivity contribution in [3.63, 3.8) is 0 Å². The molecule has 1 unspecified atom stereocenters. The van der Waals surface area contributed by atoms with Gasteiger partial charge < -0.3 is 9.64 Å². The van der Waals surface area contributed by atoms with Crippen LogP contribution in [0.25, 0.3) is 0 Å². The highest BCUT2D eigenvalue weighted by Crippen LogP contribution is 2.35. The van der Waals surface area contributed by atoms with Crippen LogP contribution in [0, 0.1) is 6.92 Å². The SMILES string of the molecule is COc1cccc(C[N+]2=C3c4cc(C)ccc4N(C)C3C(=O)N(Cc3ccccc3)C2=O)c1. The maximum absolute atomic E-state index is 13.8. The summed E-state index contributed by atoms with van der Waals surface area (Å²) in [5.74, 6) is 0.535. The van der Waals surface area contributed by atoms with Crippen LogP contribution < -0.4 is 9.64 Å². The Labute approximate surface area is 193 Å². The first-order chi connectivity index (χ1) is 16.0. The lowest BCUT2D eigenvalue weighted by atomic mass is 10.0. The van der Waals surface area contributed by atoms with Crippen molar-refractivity contribution in [1.82, 2.24) is 4.90 Å². The van der Waals surface area contributed by atoms with Crippen molar-refractivity contribution < 1.29 is 18.9 Å². The Morgan fingerprint density at radius 3 is 2.45 bits per heavy atom. The Balaban J connectivity index is 1.65. The Morgan fingerprint density at radius 2 is 1.70 bits per heavy atom. The van der Waals surface area contributed by atoms with E-state index in [1.807, 2.05) is 85.6 Å². The van der Waals surface area contributed by atoms with Gasteiger partial charge in [-0.15, -0.1) is 0 Å². The molecule has 0 aliphatic carbocycles. The van der Waals surface area contributed by atoms with E-state index in [0.29, 0.717) is 6.54 Å². The predicted octanol–water partition coefficient (Wildman–Crippen LogP) is 3.99. The average Bonchev–Trinajstić information content (AvgIpc) is 3.12. The first-order valence-electron chi connectivity index (χ1n) is 11.0. The monoisotopic (exact) mass is 440 g/mol. The second-order valence-electron chi connectivity index (χ2n) is 8.55. The van der Waals surface area contributed by atoms with E-state index in [9.17, 15) is 9.59 Å². The molecule has 2 aliphatic rings. The quantitative estimate of drug-likeness (QED) is 0.563. The summed E-state index contributed by atoms with van der Waals surface area (Å²) in [7, 11) is 3.55. The number of anilines is 1. The molecular weight excluding hydrogens is 414 g/mol. The van der Waals surface area contributed by atoms with Gasteiger partial charge in [-0.25, -0.2) is 4.79 Å². The second kappa shape index (κ2) is 8.20. The minimum Gasteiger partial charge on any atom is -0.497 e. The number of carbonyl (C=O) groups excluding carboxylic acids is 2. The average molecular weight is 441 g/mol. The lowest BCUT2D eigenvalue weighted by Crippen LogP contribution is -2.59. The molecule has 33 heavy (non-hydrogen) atoms. The van der Waals surface area contributed by atoms with E-state index >= 15 is 0 Å². The number of hydrogen-bond donors (Lipinski definition) is 0. The summed E-state index contributed by atoms with van der Waals surface area (Å²) in [5, 5.41) is 0. The predicted molar refractivity (Wildman–Crippen MR) is 127 cm³/mol. The molecule has 0 fully saturated rings. The lowest BCUT2D eigenvalue weighted by molar-refractivity contribution is -0.455. The molecule has 3 amide bonds. The molecule has 1 atom stereocenters. The number of likely N-dealkylation sites (N-methyl/N-ethyl adjacent to an activating group) is 1. The molecule has 2 aliphatic heterocycles. The standard InChI is InChI=1S/C27H26N3O3/c1-18-12-13-23-22(14-18)24-25(28(23)2)26(31)30(16-19-8-5-4-6-9-19)27(32)29(24)17-20-10-7-11-21(15-20)33-3/h4-15,25H,16-17H2,1-3H3/q+1. The molecule has 0 saturated heterocycles. The molecule has 166 valence electrons. The van der Waals surface area contributed by atoms with Crippen LogP contribution in [0.2, 0.25) is 0 Å². The topological polar surface area (TPSA) is 52.9 Å². The highest BCUT2D eigenvalue weighted by Gasteiger charge is 2.54. The molecule has 2 heterocycles. The highest BCUT2D eigenvalue weighted by atomic mass is 16.5. The van der Waals surface area contributed by atoms with Gasteiger partial charge in [0.2, 0.25) is 0 Å². The van der Waals surface area contributed by atoms with Gasteiger partial charge in [-0.05, 0) is 42.3 Å². The number of urea groups is 1. The van der Waals surface area contributed by atoms with Crippen molar-refractivity contribution in [1.29, 1.82) is 0 Å². The van der Waals surface area contributed by atoms with Crippen LogP contribution in [-0.2, 0) is 17.9 Å². The van der Waals surface area contributed by atoms with E-state index in [4.69, 9.17) is 4.74 Å². The Kier molecular flexibility index (Phi) is 5.21. The molecule has 3 aromatic rings. The molecule has 6 heteroatoms. The van der Waals surface area contributed by atoms with Crippen molar-refractivity contribution in [3.05, 3.63) is 95.1 Å². The lowest BCUT2D eigenvalue weighted by Gasteiger charge is -2.28. The van der Waals surface area contributed by atoms with Crippen molar-refractivity contribution in [2.75, 3.05) is 19.1 Å². The second-order valence-corrected chi connectivity index (χ2v) is 8.55. The molecule has 3 aromatic carbocycles. The number of aryl methyl sites for hydroxylation is 1. The van der Waals surface area contributed by atoms with E-state index in [1.54, 1.807) is 11.7 Å². The summed E-state index contributed by atoms with van der Waals surface area (Å²) in [4.78, 5) is 30.8. The molecule has 0 aromatic heterocycles. The van der Waals surface area contributed by atoms with Crippen molar-refractivity contribution in [2.24, 2.45) is 0 Å². The minimum atomic E-state index is -0.547. The molecule has 0 bridgehead atoms. The van der Waals surface area contributed by atoms with Gasteiger partial charge in [0.25, 0.3) is 0 Å². The number of benzene rings is 3. The Morgan fingerprint density at radius 1 is 0.939 bits per heavy atom. The number of rotatable bonds is 5. The van der Waals surface area contributed by atoms with Gasteiger partial charge in [0.15, 0.2) is 11.8 Å². The van der Waals surface area contributed by atoms with Gasteiger partial charge in [-0.2, -0.15) is 14.3 Å². The first kappa shape index (κ1) is 20.9. The Hall–Kier alpha value is -3.93. The van der Waals surface area contributed by atoms with Gasteiger partial charge in [-0.3, -0.25) is 0 Å². The zero-order chi connectivity index (χ0) is 23.1. The molecule has 0 radical (unpaired) electrons. The van der Waals surface area contributed by atoms with Crippen LogP contribution in [0.3, 0.4) is 0 Å². The van der Waals surface area contributed by atoms with Crippen molar-refractivity contribution in [2.45, 2.75) is 26.1 Å². The van der Waals surface area contributed by atoms with Gasteiger partial charge >= 0.3 is 11.9 Å². The van der Waals surface area contributed by atoms with Gasteiger partial charge in [0.05, 0.1) is 7.11 Å². The minimum absolute atomic E-state index is 0.197. The summed E-state index contributed by atoms with van der Waals surface area (Å²) in [6, 6.07) is 22.6. The zero-order valence-electron chi connectivity index (χ0n) is 19.0. The van der Waals surface area contributed by atoms with Crippen molar-refractivity contribution in [3.8, 4) is 5.75 Å². The Bertz CT molecular complexity index is 1280. The maximum Gasteiger partial charge on any atom is 0.501 e. The fraction of sp³-hybridized carbons (Fsp3) is 0.222. The number of imide groups is 1. The van der Waals surface area contributed by atoms with Gasteiger partial charge in [0, 0.05) is 18.3 Å². The van der Waals surface area contributed by atoms with E-state index in [-0.39, 0.29) is 18.5 Å². The number of fused-ring (bicyclic) bond motifs is 3. The molecule has 6 nitrogen and oxygen atoms in total. The van der Waals surface area contributed by atoms with Crippen LogP contribution in [0.5, 0.6) is 5.75 Å². The van der Waals surface area contributed by atoms with Gasteiger partial charge in [-0.1, -0.05) is 54.1 Å². The van der Waals surface area contributed by atoms with Crippen LogP contribution in [-0.4, -0.2) is 47.3 Å². The number of methoxy groups -OCH3 is 1. The van der Waals surface area contributed by atoms with Crippen LogP contribution >= 0.6 is 0 Å². The first-order valence-corrected chi connectivity index (χ1v) is 11.0. The third-order valence-electron chi connectivity index (χ3n) is 6.37. The number of ether oxygens (including phenoxy) is 1. The summed E-state index contributed by atoms with van der Waals surface area (Å²) < 4.78 is 7.14. The molecular formula is C27H26N3O3+. The molecule has 0 N–H and O–H groups in total. The van der Waals surface area contributed by atoms with E-state index in [2.05, 4.69) is 6.07 Å². The smallest absolute Gasteiger partial charge is 0.497 e. The largest absolute Gasteiger partial charge is 0.501 e. The number of carbonyl (C=O) groups is 2. The molecule has 0 saturated carbocycles. The highest BCUT2D eigenvalue weighted by molar-refractivity contribution is 6.26. The van der Waals surface area contributed by atoms with Crippen LogP contribution in [0.4, 0.5) is 10.5 Å². The molecule has 0 spiro atoms. The molecule has 5 rings (SSSR count). The maximum atomic E-state index is 13.8. The fourth-order valence-electron chi connectivity index (χ4n) is 4.72. The van der Waals surface area contributed by atoms with E-state index in [0.717, 1.165) is 39.4 Å². The number of hydrogen-bond acceptors (Lipinski definition) is 4. The third-order valence-corrected chi connectivity index (χ3v) is 6.37. The summed E-state index contributed by atoms with van der Waals surface area (Å²) in [6.07, 6.45) is 0. The van der Waals surface area contributed by atoms with Crippen LogP contribution in [0.1, 0.15) is 22.3 Å². The fourth-order valence-corrected chi connectivity index (χ4v) is 4.72. The summed E-state index contributed by atoms with van der Waals surface area (Å²) >= 11 is 0. The number of amides is 3. The van der Waals surface area contributed by atoms with E-state index < -0.39 is 6.04 Å². The summed E-state index contributed by atoms with van der Waals surface area (Å²) in [5.41, 5.74) is 5.58. The van der Waals surface area contributed by atoms with Crippen LogP contribution in [0.15, 0.2) is 72.8 Å². The van der Waals surface area contributed by atoms with E-state index in [1.165, 1.54) is 4.90 Å². The third kappa shape index (κ3) is 3.57. The van der Waals surface area contributed by atoms with Crippen molar-refractivity contribution >= 4 is 23.3 Å². The normalized spacial score (nSPS) is 17.4.